The molecule has 1 aliphatic heterocycles. The van der Waals surface area contributed by atoms with E-state index >= 15 is 0 Å². The van der Waals surface area contributed by atoms with Gasteiger partial charge >= 0.3 is 0 Å². The normalized spacial score (nSPS) is 21.8. The fourth-order valence-electron chi connectivity index (χ4n) is 3.92. The van der Waals surface area contributed by atoms with Crippen LogP contribution in [0.3, 0.4) is 0 Å². The number of likely N-dealkylation sites (tertiary alicyclic amines) is 1. The van der Waals surface area contributed by atoms with Crippen LogP contribution in [0.5, 0.6) is 0 Å². The lowest BCUT2D eigenvalue weighted by molar-refractivity contribution is -0.133. The second-order valence-corrected chi connectivity index (χ2v) is 7.39. The van der Waals surface area contributed by atoms with Gasteiger partial charge in [0.15, 0.2) is 10.4 Å². The van der Waals surface area contributed by atoms with E-state index in [9.17, 15) is 9.59 Å². The predicted molar refractivity (Wildman–Crippen MR) is 90.1 cm³/mol. The largest absolute Gasteiger partial charge is 0.444 e. The lowest BCUT2D eigenvalue weighted by Crippen LogP contribution is -2.45. The maximum absolute atomic E-state index is 12.7. The highest BCUT2D eigenvalue weighted by molar-refractivity contribution is 9.10. The highest BCUT2D eigenvalue weighted by atomic mass is 79.9. The molecule has 0 aromatic carbocycles. The minimum Gasteiger partial charge on any atom is -0.444 e. The smallest absolute Gasteiger partial charge is 0.289 e. The summed E-state index contributed by atoms with van der Waals surface area (Å²) in [5, 5.41) is 0. The number of carbonyl (C=O) groups is 2. The molecular weight excluding hydrogens is 360 g/mol. The van der Waals surface area contributed by atoms with Crippen LogP contribution >= 0.6 is 15.9 Å². The van der Waals surface area contributed by atoms with Gasteiger partial charge in [0.1, 0.15) is 0 Å². The van der Waals surface area contributed by atoms with Gasteiger partial charge in [-0.1, -0.05) is 12.8 Å². The Morgan fingerprint density at radius 2 is 2.00 bits per heavy atom. The van der Waals surface area contributed by atoms with Crippen molar-refractivity contribution in [2.45, 2.75) is 44.6 Å². The molecular formula is C17H23BrN2O3. The van der Waals surface area contributed by atoms with E-state index in [1.54, 1.807) is 19.2 Å². The van der Waals surface area contributed by atoms with Crippen molar-refractivity contribution in [3.8, 4) is 0 Å². The molecule has 0 bridgehead atoms. The summed E-state index contributed by atoms with van der Waals surface area (Å²) in [6.45, 7) is 0.939. The first kappa shape index (κ1) is 16.6. The maximum atomic E-state index is 12.7. The Morgan fingerprint density at radius 1 is 1.26 bits per heavy atom. The van der Waals surface area contributed by atoms with Gasteiger partial charge in [-0.05, 0) is 59.7 Å². The summed E-state index contributed by atoms with van der Waals surface area (Å²) in [7, 11) is 1.65. The van der Waals surface area contributed by atoms with Crippen LogP contribution in [0.15, 0.2) is 21.2 Å². The number of halogens is 1. The van der Waals surface area contributed by atoms with Gasteiger partial charge in [-0.2, -0.15) is 0 Å². The topological polar surface area (TPSA) is 53.8 Å². The number of amides is 2. The Kier molecular flexibility index (Phi) is 5.09. The SMILES string of the molecule is CN(CC(=O)N1CCCC1C1CCCC1)C(=O)c1ccc(Br)o1. The number of hydrogen-bond donors (Lipinski definition) is 0. The first-order valence-corrected chi connectivity index (χ1v) is 9.16. The number of nitrogens with zero attached hydrogens (tertiary/aromatic N) is 2. The zero-order valence-corrected chi connectivity index (χ0v) is 15.0. The number of likely N-dealkylation sites (N-methyl/N-ethyl adjacent to an activating group) is 1. The van der Waals surface area contributed by atoms with E-state index in [2.05, 4.69) is 15.9 Å². The van der Waals surface area contributed by atoms with E-state index < -0.39 is 0 Å². The zero-order valence-electron chi connectivity index (χ0n) is 13.5. The van der Waals surface area contributed by atoms with Crippen LogP contribution in [0.4, 0.5) is 0 Å². The molecule has 0 N–H and O–H groups in total. The van der Waals surface area contributed by atoms with Gasteiger partial charge in [-0.15, -0.1) is 0 Å². The van der Waals surface area contributed by atoms with Crippen molar-refractivity contribution >= 4 is 27.7 Å². The highest BCUT2D eigenvalue weighted by Crippen LogP contribution is 2.35. The van der Waals surface area contributed by atoms with E-state index in [4.69, 9.17) is 4.42 Å². The molecule has 2 heterocycles. The van der Waals surface area contributed by atoms with Gasteiger partial charge in [0.25, 0.3) is 5.91 Å². The van der Waals surface area contributed by atoms with Crippen LogP contribution < -0.4 is 0 Å². The first-order valence-electron chi connectivity index (χ1n) is 8.36. The van der Waals surface area contributed by atoms with Gasteiger partial charge in [0, 0.05) is 19.6 Å². The molecule has 23 heavy (non-hydrogen) atoms. The molecule has 3 rings (SSSR count). The summed E-state index contributed by atoms with van der Waals surface area (Å²) in [6, 6.07) is 3.68. The Morgan fingerprint density at radius 3 is 2.65 bits per heavy atom. The number of hydrogen-bond acceptors (Lipinski definition) is 3. The van der Waals surface area contributed by atoms with E-state index in [1.165, 1.54) is 30.6 Å². The van der Waals surface area contributed by atoms with Gasteiger partial charge in [-0.25, -0.2) is 0 Å². The molecule has 1 aliphatic carbocycles. The number of carbonyl (C=O) groups excluding carboxylic acids is 2. The fraction of sp³-hybridized carbons (Fsp3) is 0.647. The minimum atomic E-state index is -0.263. The lowest BCUT2D eigenvalue weighted by atomic mass is 9.96. The van der Waals surface area contributed by atoms with E-state index in [1.807, 2.05) is 4.90 Å². The van der Waals surface area contributed by atoms with Crippen LogP contribution in [0.1, 0.15) is 49.1 Å². The van der Waals surface area contributed by atoms with Crippen molar-refractivity contribution in [2.24, 2.45) is 5.92 Å². The highest BCUT2D eigenvalue weighted by Gasteiger charge is 2.36. The number of furan rings is 1. The monoisotopic (exact) mass is 382 g/mol. The van der Waals surface area contributed by atoms with Crippen molar-refractivity contribution < 1.29 is 14.0 Å². The molecule has 1 unspecified atom stereocenters. The predicted octanol–water partition coefficient (Wildman–Crippen LogP) is 3.30. The molecule has 1 atom stereocenters. The zero-order chi connectivity index (χ0) is 16.4. The second kappa shape index (κ2) is 7.07. The minimum absolute atomic E-state index is 0.0564. The molecule has 5 nitrogen and oxygen atoms in total. The Hall–Kier alpha value is -1.30. The summed E-state index contributed by atoms with van der Waals surface area (Å²) in [6.07, 6.45) is 7.24. The number of rotatable bonds is 4. The van der Waals surface area contributed by atoms with E-state index in [0.717, 1.165) is 19.4 Å². The van der Waals surface area contributed by atoms with Crippen molar-refractivity contribution in [2.75, 3.05) is 20.1 Å². The second-order valence-electron chi connectivity index (χ2n) is 6.61. The van der Waals surface area contributed by atoms with E-state index in [-0.39, 0.29) is 24.1 Å². The summed E-state index contributed by atoms with van der Waals surface area (Å²) in [5.41, 5.74) is 0. The maximum Gasteiger partial charge on any atom is 0.289 e. The molecule has 126 valence electrons. The standard InChI is InChI=1S/C17H23BrN2O3/c1-19(17(22)14-8-9-15(18)23-14)11-16(21)20-10-4-7-13(20)12-5-2-3-6-12/h8-9,12-13H,2-7,10-11H2,1H3. The molecule has 0 radical (unpaired) electrons. The molecule has 2 amide bonds. The molecule has 1 aromatic rings. The molecule has 2 aliphatic rings. The van der Waals surface area contributed by atoms with Gasteiger partial charge in [0.2, 0.25) is 5.91 Å². The van der Waals surface area contributed by atoms with Crippen molar-refractivity contribution in [3.05, 3.63) is 22.6 Å². The van der Waals surface area contributed by atoms with Crippen LogP contribution in [0, 0.1) is 5.92 Å². The third-order valence-electron chi connectivity index (χ3n) is 5.07. The molecule has 6 heteroatoms. The molecule has 2 fully saturated rings. The molecule has 1 saturated heterocycles. The van der Waals surface area contributed by atoms with Crippen LogP contribution in [-0.2, 0) is 4.79 Å². The first-order chi connectivity index (χ1) is 11.1. The molecule has 1 saturated carbocycles. The van der Waals surface area contributed by atoms with Crippen LogP contribution in [0.25, 0.3) is 0 Å². The van der Waals surface area contributed by atoms with Crippen molar-refractivity contribution in [3.63, 3.8) is 0 Å². The van der Waals surface area contributed by atoms with Crippen LogP contribution in [0.2, 0.25) is 0 Å². The Labute approximate surface area is 145 Å². The molecule has 0 spiro atoms. The quantitative estimate of drug-likeness (QED) is 0.802. The average molecular weight is 383 g/mol. The third-order valence-corrected chi connectivity index (χ3v) is 5.49. The Bertz CT molecular complexity index is 580. The van der Waals surface area contributed by atoms with Gasteiger partial charge < -0.3 is 14.2 Å². The molecule has 1 aromatic heterocycles. The van der Waals surface area contributed by atoms with Crippen molar-refractivity contribution in [1.82, 2.24) is 9.80 Å². The van der Waals surface area contributed by atoms with Crippen molar-refractivity contribution in [1.29, 1.82) is 0 Å². The van der Waals surface area contributed by atoms with E-state index in [0.29, 0.717) is 16.6 Å². The summed E-state index contributed by atoms with van der Waals surface area (Å²) in [4.78, 5) is 28.4. The Balaban J connectivity index is 1.60. The van der Waals surface area contributed by atoms with Crippen LogP contribution in [-0.4, -0.2) is 47.8 Å². The van der Waals surface area contributed by atoms with Gasteiger partial charge in [-0.3, -0.25) is 9.59 Å². The fourth-order valence-corrected chi connectivity index (χ4v) is 4.22. The van der Waals surface area contributed by atoms with Gasteiger partial charge in [0.05, 0.1) is 6.54 Å². The summed E-state index contributed by atoms with van der Waals surface area (Å²) < 4.78 is 5.79. The summed E-state index contributed by atoms with van der Waals surface area (Å²) >= 11 is 3.19. The lowest BCUT2D eigenvalue weighted by Gasteiger charge is -2.30. The summed E-state index contributed by atoms with van der Waals surface area (Å²) in [5.74, 6) is 0.700. The average Bonchev–Trinajstić information content (AvgIpc) is 3.26. The third kappa shape index (κ3) is 3.62.